The van der Waals surface area contributed by atoms with E-state index in [-0.39, 0.29) is 12.3 Å². The van der Waals surface area contributed by atoms with Crippen LogP contribution in [-0.4, -0.2) is 25.9 Å². The van der Waals surface area contributed by atoms with Crippen LogP contribution < -0.4 is 4.74 Å². The maximum absolute atomic E-state index is 11.9. The average molecular weight is 536 g/mol. The molecular formula is C29H21N5O4S. The summed E-state index contributed by atoms with van der Waals surface area (Å²) in [7, 11) is 1.80. The van der Waals surface area contributed by atoms with E-state index >= 15 is 0 Å². The molecule has 0 bridgehead atoms. The number of aliphatic imine (C=N–C) groups is 1. The number of aromatic nitrogens is 3. The maximum atomic E-state index is 11.9. The zero-order valence-electron chi connectivity index (χ0n) is 20.7. The highest BCUT2D eigenvalue weighted by molar-refractivity contribution is 7.99. The second kappa shape index (κ2) is 10.4. The van der Waals surface area contributed by atoms with Gasteiger partial charge in [0.2, 0.25) is 0 Å². The van der Waals surface area contributed by atoms with Gasteiger partial charge in [0.25, 0.3) is 5.69 Å². The van der Waals surface area contributed by atoms with Gasteiger partial charge < -0.3 is 13.7 Å². The van der Waals surface area contributed by atoms with Crippen LogP contribution in [0.4, 0.5) is 11.4 Å². The quantitative estimate of drug-likeness (QED) is 0.116. The third kappa shape index (κ3) is 5.10. The monoisotopic (exact) mass is 535 g/mol. The molecule has 2 aromatic heterocycles. The molecule has 2 heterocycles. The molecule has 6 aromatic rings. The molecule has 0 N–H and O–H groups in total. The van der Waals surface area contributed by atoms with Crippen LogP contribution in [0.1, 0.15) is 11.4 Å². The molecule has 192 valence electrons. The number of para-hydroxylation sites is 2. The number of hydrogen-bond acceptors (Lipinski definition) is 8. The lowest BCUT2D eigenvalue weighted by molar-refractivity contribution is -0.387. The van der Waals surface area contributed by atoms with Gasteiger partial charge in [-0.2, -0.15) is 0 Å². The molecule has 0 spiro atoms. The van der Waals surface area contributed by atoms with Gasteiger partial charge in [-0.3, -0.25) is 15.1 Å². The summed E-state index contributed by atoms with van der Waals surface area (Å²) in [6.45, 7) is 0.228. The predicted molar refractivity (Wildman–Crippen MR) is 150 cm³/mol. The summed E-state index contributed by atoms with van der Waals surface area (Å²) < 4.78 is 13.5. The molecule has 0 atom stereocenters. The van der Waals surface area contributed by atoms with E-state index in [0.29, 0.717) is 27.1 Å². The predicted octanol–water partition coefficient (Wildman–Crippen LogP) is 7.10. The number of benzene rings is 4. The maximum Gasteiger partial charge on any atom is 0.283 e. The Hall–Kier alpha value is -4.96. The molecule has 0 aliphatic carbocycles. The third-order valence-electron chi connectivity index (χ3n) is 6.14. The van der Waals surface area contributed by atoms with Crippen LogP contribution in [0, 0.1) is 10.1 Å². The zero-order chi connectivity index (χ0) is 26.8. The first-order valence-electron chi connectivity index (χ1n) is 12.0. The molecule has 6 rings (SSSR count). The van der Waals surface area contributed by atoms with E-state index in [0.717, 1.165) is 27.7 Å². The lowest BCUT2D eigenvalue weighted by Crippen LogP contribution is -2.04. The molecule has 0 amide bonds. The minimum atomic E-state index is -0.407. The first-order valence-corrected chi connectivity index (χ1v) is 12.8. The van der Waals surface area contributed by atoms with Crippen molar-refractivity contribution in [3.05, 3.63) is 112 Å². The van der Waals surface area contributed by atoms with Crippen LogP contribution in [-0.2, 0) is 13.7 Å². The smallest absolute Gasteiger partial charge is 0.283 e. The number of hydrogen-bond donors (Lipinski definition) is 0. The van der Waals surface area contributed by atoms with Crippen molar-refractivity contribution >= 4 is 51.3 Å². The summed E-state index contributed by atoms with van der Waals surface area (Å²) in [5.74, 6) is 1.33. The average Bonchev–Trinajstić information content (AvgIpc) is 3.50. The molecule has 4 aromatic carbocycles. The second-order valence-corrected chi connectivity index (χ2v) is 9.69. The number of nitro groups is 1. The third-order valence-corrected chi connectivity index (χ3v) is 7.25. The van der Waals surface area contributed by atoms with E-state index in [1.54, 1.807) is 30.0 Å². The van der Waals surface area contributed by atoms with Crippen molar-refractivity contribution < 1.29 is 14.1 Å². The van der Waals surface area contributed by atoms with E-state index in [1.807, 2.05) is 72.8 Å². The number of fused-ring (bicyclic) bond motifs is 3. The van der Waals surface area contributed by atoms with E-state index in [9.17, 15) is 10.1 Å². The number of nitrogens with zero attached hydrogens (tertiary/aromatic N) is 5. The van der Waals surface area contributed by atoms with Gasteiger partial charge in [0.1, 0.15) is 23.5 Å². The van der Waals surface area contributed by atoms with Crippen LogP contribution >= 0.6 is 11.8 Å². The number of ether oxygens (including phenoxy) is 1. The summed E-state index contributed by atoms with van der Waals surface area (Å²) in [6, 6.07) is 28.0. The number of furan rings is 1. The first kappa shape index (κ1) is 24.4. The summed E-state index contributed by atoms with van der Waals surface area (Å²) in [5.41, 5.74) is 2.80. The summed E-state index contributed by atoms with van der Waals surface area (Å²) in [6.07, 6.45) is 1.60. The van der Waals surface area contributed by atoms with Gasteiger partial charge in [-0.05, 0) is 53.7 Å². The van der Waals surface area contributed by atoms with Gasteiger partial charge in [0, 0.05) is 36.2 Å². The fourth-order valence-electron chi connectivity index (χ4n) is 4.11. The lowest BCUT2D eigenvalue weighted by Gasteiger charge is -2.07. The summed E-state index contributed by atoms with van der Waals surface area (Å²) in [4.78, 5) is 16.5. The summed E-state index contributed by atoms with van der Waals surface area (Å²) >= 11 is 1.17. The Labute approximate surface area is 226 Å². The normalized spacial score (nSPS) is 11.5. The molecule has 0 aliphatic rings. The minimum absolute atomic E-state index is 0.0400. The Bertz CT molecular complexity index is 1850. The number of nitro benzene ring substituents is 1. The largest absolute Gasteiger partial charge is 0.486 e. The fourth-order valence-corrected chi connectivity index (χ4v) is 5.00. The van der Waals surface area contributed by atoms with Crippen molar-refractivity contribution in [1.29, 1.82) is 0 Å². The molecule has 0 unspecified atom stereocenters. The van der Waals surface area contributed by atoms with Gasteiger partial charge in [-0.1, -0.05) is 42.5 Å². The lowest BCUT2D eigenvalue weighted by atomic mass is 10.1. The Morgan fingerprint density at radius 1 is 0.974 bits per heavy atom. The Balaban J connectivity index is 1.20. The SMILES string of the molecule is Cn1c(COc2ccccc2)nnc1Sc1ccc(C=Nc2ccc3c(c2)oc2ccccc23)cc1[N+](=O)[O-]. The topological polar surface area (TPSA) is 109 Å². The van der Waals surface area contributed by atoms with Gasteiger partial charge in [-0.15, -0.1) is 10.2 Å². The van der Waals surface area contributed by atoms with Gasteiger partial charge in [-0.25, -0.2) is 0 Å². The van der Waals surface area contributed by atoms with E-state index in [1.165, 1.54) is 17.8 Å². The molecule has 0 saturated carbocycles. The summed E-state index contributed by atoms with van der Waals surface area (Å²) in [5, 5.41) is 22.9. The minimum Gasteiger partial charge on any atom is -0.486 e. The van der Waals surface area contributed by atoms with Gasteiger partial charge in [0.15, 0.2) is 11.0 Å². The van der Waals surface area contributed by atoms with Crippen molar-refractivity contribution in [2.75, 3.05) is 0 Å². The Kier molecular flexibility index (Phi) is 6.52. The van der Waals surface area contributed by atoms with Crippen LogP contribution in [0.2, 0.25) is 0 Å². The van der Waals surface area contributed by atoms with Crippen LogP contribution in [0.15, 0.2) is 110 Å². The molecule has 0 fully saturated rings. The van der Waals surface area contributed by atoms with Crippen molar-refractivity contribution in [1.82, 2.24) is 14.8 Å². The van der Waals surface area contributed by atoms with Crippen LogP contribution in [0.3, 0.4) is 0 Å². The van der Waals surface area contributed by atoms with E-state index < -0.39 is 4.92 Å². The van der Waals surface area contributed by atoms with E-state index in [4.69, 9.17) is 9.15 Å². The Morgan fingerprint density at radius 2 is 1.77 bits per heavy atom. The fraction of sp³-hybridized carbons (Fsp3) is 0.0690. The standard InChI is InChI=1S/C29H21N5O4S/c1-33-28(18-37-21-7-3-2-4-8-21)31-32-29(33)39-27-14-11-19(15-24(27)34(35)36)17-30-20-12-13-23-22-9-5-6-10-25(22)38-26(23)16-20/h2-17H,18H2,1H3. The highest BCUT2D eigenvalue weighted by Crippen LogP contribution is 2.35. The number of rotatable bonds is 8. The Morgan fingerprint density at radius 3 is 2.62 bits per heavy atom. The van der Waals surface area contributed by atoms with Crippen LogP contribution in [0.25, 0.3) is 21.9 Å². The zero-order valence-corrected chi connectivity index (χ0v) is 21.5. The molecule has 9 nitrogen and oxygen atoms in total. The highest BCUT2D eigenvalue weighted by Gasteiger charge is 2.19. The molecule has 0 radical (unpaired) electrons. The van der Waals surface area contributed by atoms with Crippen LogP contribution in [0.5, 0.6) is 5.75 Å². The van der Waals surface area contributed by atoms with Gasteiger partial charge >= 0.3 is 0 Å². The molecule has 0 aliphatic heterocycles. The first-order chi connectivity index (χ1) is 19.0. The van der Waals surface area contributed by atoms with Crippen molar-refractivity contribution in [2.24, 2.45) is 12.0 Å². The van der Waals surface area contributed by atoms with Gasteiger partial charge in [0.05, 0.1) is 15.5 Å². The second-order valence-electron chi connectivity index (χ2n) is 8.68. The molecule has 0 saturated heterocycles. The van der Waals surface area contributed by atoms with E-state index in [2.05, 4.69) is 15.2 Å². The molecule has 39 heavy (non-hydrogen) atoms. The van der Waals surface area contributed by atoms with Crippen molar-refractivity contribution in [3.8, 4) is 5.75 Å². The van der Waals surface area contributed by atoms with Crippen molar-refractivity contribution in [2.45, 2.75) is 16.7 Å². The molecular weight excluding hydrogens is 514 g/mol. The molecule has 10 heteroatoms. The van der Waals surface area contributed by atoms with Crippen molar-refractivity contribution in [3.63, 3.8) is 0 Å². The highest BCUT2D eigenvalue weighted by atomic mass is 32.2.